The molecule has 25 heavy (non-hydrogen) atoms. The van der Waals surface area contributed by atoms with Crippen LogP contribution < -0.4 is 9.46 Å². The van der Waals surface area contributed by atoms with E-state index >= 15 is 0 Å². The molecule has 0 saturated heterocycles. The summed E-state index contributed by atoms with van der Waals surface area (Å²) in [6.07, 6.45) is 1.64. The summed E-state index contributed by atoms with van der Waals surface area (Å²) in [5.74, 6) is 1.07. The van der Waals surface area contributed by atoms with Crippen LogP contribution in [0.3, 0.4) is 0 Å². The molecule has 0 aliphatic carbocycles. The van der Waals surface area contributed by atoms with Crippen molar-refractivity contribution in [3.05, 3.63) is 83.0 Å². The Balaban J connectivity index is 1.71. The number of rotatable bonds is 6. The molecule has 3 aromatic rings. The fraction of sp³-hybridized carbons (Fsp3) is 0.0556. The van der Waals surface area contributed by atoms with Crippen LogP contribution in [-0.2, 0) is 16.6 Å². The van der Waals surface area contributed by atoms with Crippen molar-refractivity contribution in [3.63, 3.8) is 0 Å². The number of halogens is 1. The summed E-state index contributed by atoms with van der Waals surface area (Å²) in [4.78, 5) is 4.30. The third-order valence-corrected chi connectivity index (χ3v) is 5.76. The second kappa shape index (κ2) is 7.77. The standard InChI is InChI=1S/C18H15BrN2O3S/c19-16-8-1-2-9-17(16)25(22,23)21-13-14-6-5-7-15(12-14)24-18-10-3-4-11-20-18/h1-12,21H,13H2. The minimum Gasteiger partial charge on any atom is -0.439 e. The highest BCUT2D eigenvalue weighted by atomic mass is 79.9. The van der Waals surface area contributed by atoms with Crippen molar-refractivity contribution in [1.82, 2.24) is 9.71 Å². The number of pyridine rings is 1. The average Bonchev–Trinajstić information content (AvgIpc) is 2.62. The third kappa shape index (κ3) is 4.66. The van der Waals surface area contributed by atoms with Gasteiger partial charge in [-0.3, -0.25) is 0 Å². The molecule has 0 aliphatic rings. The molecule has 1 heterocycles. The minimum atomic E-state index is -3.61. The largest absolute Gasteiger partial charge is 0.439 e. The zero-order valence-corrected chi connectivity index (χ0v) is 15.5. The predicted octanol–water partition coefficient (Wildman–Crippen LogP) is 4.11. The van der Waals surface area contributed by atoms with E-state index in [-0.39, 0.29) is 11.4 Å². The summed E-state index contributed by atoms with van der Waals surface area (Å²) in [5, 5.41) is 0. The van der Waals surface area contributed by atoms with Crippen molar-refractivity contribution < 1.29 is 13.2 Å². The summed E-state index contributed by atoms with van der Waals surface area (Å²) in [6, 6.07) is 19.3. The van der Waals surface area contributed by atoms with Gasteiger partial charge >= 0.3 is 0 Å². The Bertz CT molecular complexity index is 963. The van der Waals surface area contributed by atoms with Crippen LogP contribution in [0.5, 0.6) is 11.6 Å². The van der Waals surface area contributed by atoms with Crippen LogP contribution >= 0.6 is 15.9 Å². The van der Waals surface area contributed by atoms with Crippen LogP contribution in [0.25, 0.3) is 0 Å². The van der Waals surface area contributed by atoms with E-state index in [4.69, 9.17) is 4.74 Å². The molecule has 1 N–H and O–H groups in total. The maximum Gasteiger partial charge on any atom is 0.241 e. The summed E-state index contributed by atoms with van der Waals surface area (Å²) in [7, 11) is -3.61. The minimum absolute atomic E-state index is 0.156. The first-order valence-corrected chi connectivity index (χ1v) is 9.74. The number of ether oxygens (including phenoxy) is 1. The molecule has 0 aliphatic heterocycles. The van der Waals surface area contributed by atoms with E-state index in [9.17, 15) is 8.42 Å². The van der Waals surface area contributed by atoms with Gasteiger partial charge in [0.2, 0.25) is 15.9 Å². The normalized spacial score (nSPS) is 11.2. The summed E-state index contributed by atoms with van der Waals surface area (Å²) >= 11 is 3.26. The zero-order valence-electron chi connectivity index (χ0n) is 13.1. The van der Waals surface area contributed by atoms with Crippen molar-refractivity contribution in [1.29, 1.82) is 0 Å². The lowest BCUT2D eigenvalue weighted by atomic mass is 10.2. The van der Waals surface area contributed by atoms with Gasteiger partial charge in [-0.2, -0.15) is 0 Å². The Morgan fingerprint density at radius 2 is 1.80 bits per heavy atom. The first kappa shape index (κ1) is 17.6. The Labute approximate surface area is 154 Å². The van der Waals surface area contributed by atoms with Gasteiger partial charge in [-0.05, 0) is 51.8 Å². The molecule has 0 fully saturated rings. The second-order valence-electron chi connectivity index (χ2n) is 5.17. The molecule has 5 nitrogen and oxygen atoms in total. The molecule has 1 aromatic heterocycles. The molecule has 3 rings (SSSR count). The van der Waals surface area contributed by atoms with Crippen molar-refractivity contribution in [2.75, 3.05) is 0 Å². The van der Waals surface area contributed by atoms with Crippen LogP contribution in [0.15, 0.2) is 82.3 Å². The highest BCUT2D eigenvalue weighted by Gasteiger charge is 2.16. The van der Waals surface area contributed by atoms with E-state index in [2.05, 4.69) is 25.6 Å². The molecular formula is C18H15BrN2O3S. The molecule has 0 unspecified atom stereocenters. The lowest BCUT2D eigenvalue weighted by Crippen LogP contribution is -2.23. The van der Waals surface area contributed by atoms with E-state index in [1.807, 2.05) is 12.1 Å². The molecule has 0 amide bonds. The molecule has 2 aromatic carbocycles. The number of nitrogens with one attached hydrogen (secondary N) is 1. The van der Waals surface area contributed by atoms with Crippen molar-refractivity contribution in [2.24, 2.45) is 0 Å². The van der Waals surface area contributed by atoms with E-state index in [0.717, 1.165) is 5.56 Å². The highest BCUT2D eigenvalue weighted by molar-refractivity contribution is 9.10. The molecule has 7 heteroatoms. The van der Waals surface area contributed by atoms with E-state index in [1.165, 1.54) is 0 Å². The van der Waals surface area contributed by atoms with Crippen molar-refractivity contribution >= 4 is 26.0 Å². The average molecular weight is 419 g/mol. The summed E-state index contributed by atoms with van der Waals surface area (Å²) < 4.78 is 33.6. The molecule has 0 atom stereocenters. The fourth-order valence-electron chi connectivity index (χ4n) is 2.17. The van der Waals surface area contributed by atoms with Gasteiger partial charge in [0.25, 0.3) is 0 Å². The highest BCUT2D eigenvalue weighted by Crippen LogP contribution is 2.22. The zero-order chi connectivity index (χ0) is 17.7. The topological polar surface area (TPSA) is 68.3 Å². The van der Waals surface area contributed by atoms with Gasteiger partial charge in [0, 0.05) is 23.3 Å². The summed E-state index contributed by atoms with van der Waals surface area (Å²) in [5.41, 5.74) is 0.782. The molecule has 0 spiro atoms. The number of aromatic nitrogens is 1. The van der Waals surface area contributed by atoms with Crippen LogP contribution in [0.2, 0.25) is 0 Å². The Morgan fingerprint density at radius 1 is 1.00 bits per heavy atom. The molecule has 0 bridgehead atoms. The van der Waals surface area contributed by atoms with Gasteiger partial charge in [0.05, 0.1) is 4.90 Å². The number of nitrogens with zero attached hydrogens (tertiary/aromatic N) is 1. The Morgan fingerprint density at radius 3 is 2.56 bits per heavy atom. The predicted molar refractivity (Wildman–Crippen MR) is 98.9 cm³/mol. The molecule has 128 valence electrons. The molecule has 0 saturated carbocycles. The maximum atomic E-state index is 12.4. The first-order chi connectivity index (χ1) is 12.0. The van der Waals surface area contributed by atoms with E-state index < -0.39 is 10.0 Å². The van der Waals surface area contributed by atoms with Crippen LogP contribution in [0.4, 0.5) is 0 Å². The van der Waals surface area contributed by atoms with Gasteiger partial charge in [0.1, 0.15) is 5.75 Å². The monoisotopic (exact) mass is 418 g/mol. The second-order valence-corrected chi connectivity index (χ2v) is 7.76. The lowest BCUT2D eigenvalue weighted by molar-refractivity contribution is 0.462. The summed E-state index contributed by atoms with van der Waals surface area (Å²) in [6.45, 7) is 0.156. The van der Waals surface area contributed by atoms with Crippen molar-refractivity contribution in [2.45, 2.75) is 11.4 Å². The fourth-order valence-corrected chi connectivity index (χ4v) is 4.18. The molecule has 0 radical (unpaired) electrons. The third-order valence-electron chi connectivity index (χ3n) is 3.35. The van der Waals surface area contributed by atoms with Crippen molar-refractivity contribution in [3.8, 4) is 11.6 Å². The van der Waals surface area contributed by atoms with Crippen LogP contribution in [-0.4, -0.2) is 13.4 Å². The van der Waals surface area contributed by atoms with Gasteiger partial charge < -0.3 is 4.74 Å². The van der Waals surface area contributed by atoms with Gasteiger partial charge in [-0.15, -0.1) is 0 Å². The SMILES string of the molecule is O=S(=O)(NCc1cccc(Oc2ccccn2)c1)c1ccccc1Br. The quantitative estimate of drug-likeness (QED) is 0.653. The van der Waals surface area contributed by atoms with E-state index in [0.29, 0.717) is 16.1 Å². The first-order valence-electron chi connectivity index (χ1n) is 7.47. The number of sulfonamides is 1. The van der Waals surface area contributed by atoms with Gasteiger partial charge in [-0.1, -0.05) is 30.3 Å². The number of hydrogen-bond donors (Lipinski definition) is 1. The molecular weight excluding hydrogens is 404 g/mol. The van der Waals surface area contributed by atoms with Crippen LogP contribution in [0.1, 0.15) is 5.56 Å². The van der Waals surface area contributed by atoms with Gasteiger partial charge in [-0.25, -0.2) is 18.1 Å². The number of benzene rings is 2. The van der Waals surface area contributed by atoms with Crippen LogP contribution in [0, 0.1) is 0 Å². The van der Waals surface area contributed by atoms with Gasteiger partial charge in [0.15, 0.2) is 0 Å². The lowest BCUT2D eigenvalue weighted by Gasteiger charge is -2.10. The smallest absolute Gasteiger partial charge is 0.241 e. The maximum absolute atomic E-state index is 12.4. The Kier molecular flexibility index (Phi) is 5.47. The Hall–Kier alpha value is -2.22. The number of hydrogen-bond acceptors (Lipinski definition) is 4. The van der Waals surface area contributed by atoms with E-state index in [1.54, 1.807) is 60.8 Å².